The third kappa shape index (κ3) is 3.63. The van der Waals surface area contributed by atoms with Crippen LogP contribution in [0.15, 0.2) is 30.5 Å². The van der Waals surface area contributed by atoms with Crippen LogP contribution >= 0.6 is 0 Å². The first-order valence-electron chi connectivity index (χ1n) is 11.2. The quantitative estimate of drug-likeness (QED) is 0.536. The maximum atomic E-state index is 12.4. The maximum Gasteiger partial charge on any atom is 0.261 e. The molecule has 2 saturated carbocycles. The van der Waals surface area contributed by atoms with Crippen LogP contribution in [0.1, 0.15) is 77.2 Å². The Balaban J connectivity index is 1.07. The number of nitrogens with one attached hydrogen (secondary N) is 1. The number of benzene rings is 1. The molecule has 3 atom stereocenters. The molecule has 2 aliphatic carbocycles. The maximum absolute atomic E-state index is 12.4. The first kappa shape index (κ1) is 18.6. The molecule has 2 bridgehead atoms. The number of imidazole rings is 1. The monoisotopic (exact) mass is 391 g/mol. The van der Waals surface area contributed by atoms with Gasteiger partial charge < -0.3 is 4.98 Å². The molecule has 3 aliphatic rings. The van der Waals surface area contributed by atoms with Crippen molar-refractivity contribution in [3.63, 3.8) is 0 Å². The van der Waals surface area contributed by atoms with Crippen LogP contribution in [-0.4, -0.2) is 33.2 Å². The van der Waals surface area contributed by atoms with Crippen LogP contribution in [0, 0.1) is 17.8 Å². The van der Waals surface area contributed by atoms with Gasteiger partial charge in [0.05, 0.1) is 11.1 Å². The van der Waals surface area contributed by atoms with Gasteiger partial charge in [0.1, 0.15) is 5.82 Å². The summed E-state index contributed by atoms with van der Waals surface area (Å²) in [5, 5.41) is 0. The number of aromatic amines is 1. The number of rotatable bonds is 8. The topological polar surface area (TPSA) is 66.1 Å². The Hall–Kier alpha value is -2.43. The van der Waals surface area contributed by atoms with Crippen molar-refractivity contribution in [2.75, 3.05) is 6.54 Å². The molecular formula is C24H29N3O2. The summed E-state index contributed by atoms with van der Waals surface area (Å²) in [6.45, 7) is 0.387. The van der Waals surface area contributed by atoms with E-state index < -0.39 is 0 Å². The lowest BCUT2D eigenvalue weighted by molar-refractivity contribution is 0.0656. The minimum absolute atomic E-state index is 0.189. The van der Waals surface area contributed by atoms with Gasteiger partial charge in [0.2, 0.25) is 0 Å². The number of imide groups is 1. The first-order chi connectivity index (χ1) is 14.2. The highest BCUT2D eigenvalue weighted by Gasteiger charge is 2.38. The Bertz CT molecular complexity index is 883. The minimum Gasteiger partial charge on any atom is -0.346 e. The van der Waals surface area contributed by atoms with Gasteiger partial charge in [0, 0.05) is 31.3 Å². The fourth-order valence-electron chi connectivity index (χ4n) is 5.76. The lowest BCUT2D eigenvalue weighted by Crippen LogP contribution is -2.31. The second-order valence-electron chi connectivity index (χ2n) is 9.09. The summed E-state index contributed by atoms with van der Waals surface area (Å²) in [6.07, 6.45) is 13.2. The molecule has 0 radical (unpaired) electrons. The Labute approximate surface area is 171 Å². The summed E-state index contributed by atoms with van der Waals surface area (Å²) in [4.78, 5) is 34.1. The van der Waals surface area contributed by atoms with Crippen molar-refractivity contribution in [2.24, 2.45) is 17.8 Å². The highest BCUT2D eigenvalue weighted by molar-refractivity contribution is 6.21. The lowest BCUT2D eigenvalue weighted by Gasteiger charge is -2.21. The molecule has 29 heavy (non-hydrogen) atoms. The standard InChI is InChI=1S/C24H29N3O2/c28-23-20-6-2-3-7-21(20)24(29)27(23)12-11-19-15-25-22(26-19)8-4-1-5-17-13-16-9-10-18(17)14-16/h2-3,6-7,15-18H,1,4-5,8-14H2,(H,25,26)/t16-,17?,18-/m0/s1. The van der Waals surface area contributed by atoms with Crippen molar-refractivity contribution in [3.8, 4) is 0 Å². The summed E-state index contributed by atoms with van der Waals surface area (Å²) >= 11 is 0. The van der Waals surface area contributed by atoms with E-state index >= 15 is 0 Å². The average molecular weight is 392 g/mol. The van der Waals surface area contributed by atoms with Gasteiger partial charge in [-0.25, -0.2) is 4.98 Å². The number of amides is 2. The van der Waals surface area contributed by atoms with Crippen molar-refractivity contribution in [1.82, 2.24) is 14.9 Å². The molecule has 1 aromatic heterocycles. The van der Waals surface area contributed by atoms with Gasteiger partial charge in [-0.15, -0.1) is 0 Å². The zero-order valence-corrected chi connectivity index (χ0v) is 16.9. The Morgan fingerprint density at radius 2 is 1.79 bits per heavy atom. The zero-order valence-electron chi connectivity index (χ0n) is 16.9. The SMILES string of the molecule is O=C1c2ccccc2C(=O)N1CCc1cnc(CCCCC2C[C@@H]3CC[C@H]2C3)[nH]1. The summed E-state index contributed by atoms with van der Waals surface area (Å²) in [5.74, 6) is 3.70. The van der Waals surface area contributed by atoms with Gasteiger partial charge in [-0.3, -0.25) is 14.5 Å². The van der Waals surface area contributed by atoms with Crippen LogP contribution in [0.25, 0.3) is 0 Å². The van der Waals surface area contributed by atoms with E-state index in [1.807, 2.05) is 6.20 Å². The lowest BCUT2D eigenvalue weighted by atomic mass is 9.85. The number of carbonyl (C=O) groups excluding carboxylic acids is 2. The molecular weight excluding hydrogens is 362 g/mol. The molecule has 0 saturated heterocycles. The van der Waals surface area contributed by atoms with Crippen LogP contribution in [0.4, 0.5) is 0 Å². The zero-order chi connectivity index (χ0) is 19.8. The first-order valence-corrected chi connectivity index (χ1v) is 11.2. The van der Waals surface area contributed by atoms with Crippen molar-refractivity contribution >= 4 is 11.8 Å². The number of nitrogens with zero attached hydrogens (tertiary/aromatic N) is 2. The average Bonchev–Trinajstić information content (AvgIpc) is 3.51. The van der Waals surface area contributed by atoms with E-state index in [-0.39, 0.29) is 11.8 Å². The predicted octanol–water partition coefficient (Wildman–Crippen LogP) is 4.40. The Kier molecular flexibility index (Phi) is 4.98. The van der Waals surface area contributed by atoms with Crippen LogP contribution in [-0.2, 0) is 12.8 Å². The molecule has 152 valence electrons. The number of aromatic nitrogens is 2. The van der Waals surface area contributed by atoms with E-state index in [1.165, 1.54) is 49.8 Å². The smallest absolute Gasteiger partial charge is 0.261 e. The van der Waals surface area contributed by atoms with Crippen molar-refractivity contribution < 1.29 is 9.59 Å². The van der Waals surface area contributed by atoms with E-state index in [2.05, 4.69) is 9.97 Å². The number of fused-ring (bicyclic) bond motifs is 3. The van der Waals surface area contributed by atoms with E-state index in [1.54, 1.807) is 24.3 Å². The molecule has 1 aromatic carbocycles. The van der Waals surface area contributed by atoms with Gasteiger partial charge in [-0.05, 0) is 55.6 Å². The van der Waals surface area contributed by atoms with Crippen molar-refractivity contribution in [3.05, 3.63) is 53.1 Å². The normalized spacial score (nSPS) is 25.2. The van der Waals surface area contributed by atoms with E-state index in [4.69, 9.17) is 0 Å². The number of aryl methyl sites for hydroxylation is 1. The fourth-order valence-corrected chi connectivity index (χ4v) is 5.76. The molecule has 5 nitrogen and oxygen atoms in total. The number of carbonyl (C=O) groups is 2. The summed E-state index contributed by atoms with van der Waals surface area (Å²) in [6, 6.07) is 7.04. The molecule has 2 aromatic rings. The van der Waals surface area contributed by atoms with Gasteiger partial charge in [0.25, 0.3) is 11.8 Å². The molecule has 1 unspecified atom stereocenters. The molecule has 2 fully saturated rings. The largest absolute Gasteiger partial charge is 0.346 e. The number of H-pyrrole nitrogens is 1. The second-order valence-corrected chi connectivity index (χ2v) is 9.09. The molecule has 2 amide bonds. The molecule has 2 heterocycles. The Morgan fingerprint density at radius 1 is 1.00 bits per heavy atom. The van der Waals surface area contributed by atoms with E-state index in [0.29, 0.717) is 24.1 Å². The molecule has 1 N–H and O–H groups in total. The van der Waals surface area contributed by atoms with Gasteiger partial charge in [-0.2, -0.15) is 0 Å². The molecule has 5 rings (SSSR count). The Morgan fingerprint density at radius 3 is 2.48 bits per heavy atom. The van der Waals surface area contributed by atoms with Crippen molar-refractivity contribution in [1.29, 1.82) is 0 Å². The van der Waals surface area contributed by atoms with Gasteiger partial charge >= 0.3 is 0 Å². The van der Waals surface area contributed by atoms with Gasteiger partial charge in [0.15, 0.2) is 0 Å². The van der Waals surface area contributed by atoms with Crippen LogP contribution in [0.2, 0.25) is 0 Å². The van der Waals surface area contributed by atoms with E-state index in [9.17, 15) is 9.59 Å². The summed E-state index contributed by atoms with van der Waals surface area (Å²) in [5.41, 5.74) is 2.02. The third-order valence-electron chi connectivity index (χ3n) is 7.29. The third-order valence-corrected chi connectivity index (χ3v) is 7.29. The predicted molar refractivity (Wildman–Crippen MR) is 111 cm³/mol. The van der Waals surface area contributed by atoms with E-state index in [0.717, 1.165) is 35.7 Å². The molecule has 0 spiro atoms. The second kappa shape index (κ2) is 7.77. The van der Waals surface area contributed by atoms with Gasteiger partial charge in [-0.1, -0.05) is 31.4 Å². The highest BCUT2D eigenvalue weighted by atomic mass is 16.2. The van der Waals surface area contributed by atoms with Crippen molar-refractivity contribution in [2.45, 2.75) is 57.8 Å². The molecule has 1 aliphatic heterocycles. The highest BCUT2D eigenvalue weighted by Crippen LogP contribution is 2.49. The van der Waals surface area contributed by atoms with Crippen LogP contribution in [0.5, 0.6) is 0 Å². The summed E-state index contributed by atoms with van der Waals surface area (Å²) in [7, 11) is 0. The number of hydrogen-bond donors (Lipinski definition) is 1. The minimum atomic E-state index is -0.189. The van der Waals surface area contributed by atoms with Crippen LogP contribution in [0.3, 0.4) is 0 Å². The number of unbranched alkanes of at least 4 members (excludes halogenated alkanes) is 1. The van der Waals surface area contributed by atoms with Crippen LogP contribution < -0.4 is 0 Å². The number of hydrogen-bond acceptors (Lipinski definition) is 3. The molecule has 5 heteroatoms. The summed E-state index contributed by atoms with van der Waals surface area (Å²) < 4.78 is 0. The fraction of sp³-hybridized carbons (Fsp3) is 0.542.